The summed E-state index contributed by atoms with van der Waals surface area (Å²) in [5, 5.41) is 13.3. The molecule has 0 aromatic carbocycles. The zero-order chi connectivity index (χ0) is 13.8. The molecule has 0 aliphatic carbocycles. The van der Waals surface area contributed by atoms with Crippen molar-refractivity contribution in [3.05, 3.63) is 4.47 Å². The minimum absolute atomic E-state index is 0.0151. The molecule has 0 saturated heterocycles. The summed E-state index contributed by atoms with van der Waals surface area (Å²) in [5.41, 5.74) is 0.602. The Morgan fingerprint density at radius 1 is 1.42 bits per heavy atom. The van der Waals surface area contributed by atoms with E-state index >= 15 is 0 Å². The van der Waals surface area contributed by atoms with E-state index < -0.39 is 0 Å². The first-order chi connectivity index (χ1) is 9.17. The standard InChI is InChI=1S/C11H15ClN4OS2/c1-3-4-6(5-17)13-8-7-9(14-10(12)19-7)16-11(15-8)18-2/h6,17H,3-5H2,1-2H3,(H,13,15,16). The van der Waals surface area contributed by atoms with Crippen LogP contribution in [-0.4, -0.2) is 39.0 Å². The molecule has 8 heteroatoms. The lowest BCUT2D eigenvalue weighted by Gasteiger charge is -2.16. The monoisotopic (exact) mass is 318 g/mol. The lowest BCUT2D eigenvalue weighted by Crippen LogP contribution is -2.24. The Labute approximate surface area is 124 Å². The van der Waals surface area contributed by atoms with Crippen molar-refractivity contribution >= 4 is 50.9 Å². The molecule has 0 aliphatic rings. The third-order valence-electron chi connectivity index (χ3n) is 2.59. The van der Waals surface area contributed by atoms with Crippen molar-refractivity contribution < 1.29 is 5.11 Å². The molecule has 2 aromatic heterocycles. The Morgan fingerprint density at radius 2 is 2.21 bits per heavy atom. The second kappa shape index (κ2) is 6.69. The number of aliphatic hydroxyl groups excluding tert-OH is 1. The van der Waals surface area contributed by atoms with Crippen LogP contribution >= 0.6 is 34.7 Å². The van der Waals surface area contributed by atoms with Crippen LogP contribution in [0.15, 0.2) is 5.16 Å². The molecule has 1 unspecified atom stereocenters. The summed E-state index contributed by atoms with van der Waals surface area (Å²) in [5.74, 6) is 0.700. The van der Waals surface area contributed by atoms with E-state index in [2.05, 4.69) is 27.2 Å². The highest BCUT2D eigenvalue weighted by Crippen LogP contribution is 2.31. The van der Waals surface area contributed by atoms with Crippen LogP contribution in [0.3, 0.4) is 0 Å². The second-order valence-corrected chi connectivity index (χ2v) is 6.35. The lowest BCUT2D eigenvalue weighted by atomic mass is 10.2. The maximum absolute atomic E-state index is 9.37. The van der Waals surface area contributed by atoms with Crippen LogP contribution in [0.2, 0.25) is 4.47 Å². The highest BCUT2D eigenvalue weighted by molar-refractivity contribution is 7.98. The van der Waals surface area contributed by atoms with Gasteiger partial charge in [0.25, 0.3) is 0 Å². The van der Waals surface area contributed by atoms with E-state index in [0.29, 0.717) is 21.1 Å². The molecule has 0 fully saturated rings. The first kappa shape index (κ1) is 14.8. The molecular formula is C11H15ClN4OS2. The number of thioether (sulfide) groups is 1. The molecule has 0 aliphatic heterocycles. The summed E-state index contributed by atoms with van der Waals surface area (Å²) in [7, 11) is 0. The molecule has 0 radical (unpaired) electrons. The summed E-state index contributed by atoms with van der Waals surface area (Å²) in [6, 6.07) is -0.0151. The Hall–Kier alpha value is -0.630. The fourth-order valence-corrected chi connectivity index (χ4v) is 3.07. The van der Waals surface area contributed by atoms with Crippen LogP contribution in [0, 0.1) is 0 Å². The smallest absolute Gasteiger partial charge is 0.191 e. The van der Waals surface area contributed by atoms with E-state index in [-0.39, 0.29) is 12.6 Å². The quantitative estimate of drug-likeness (QED) is 0.630. The van der Waals surface area contributed by atoms with E-state index in [1.807, 2.05) is 6.26 Å². The zero-order valence-electron chi connectivity index (χ0n) is 10.7. The van der Waals surface area contributed by atoms with Crippen LogP contribution in [0.4, 0.5) is 5.82 Å². The predicted molar refractivity (Wildman–Crippen MR) is 81.4 cm³/mol. The van der Waals surface area contributed by atoms with Crippen molar-refractivity contribution in [2.45, 2.75) is 31.0 Å². The normalized spacial score (nSPS) is 12.8. The molecule has 2 heterocycles. The number of aliphatic hydroxyl groups is 1. The van der Waals surface area contributed by atoms with Crippen molar-refractivity contribution in [2.75, 3.05) is 18.2 Å². The molecule has 0 spiro atoms. The van der Waals surface area contributed by atoms with Crippen LogP contribution < -0.4 is 5.32 Å². The Morgan fingerprint density at radius 3 is 2.84 bits per heavy atom. The minimum atomic E-state index is -0.0151. The molecule has 2 rings (SSSR count). The average Bonchev–Trinajstić information content (AvgIpc) is 2.78. The molecule has 2 N–H and O–H groups in total. The molecule has 2 aromatic rings. The number of nitrogens with one attached hydrogen (secondary N) is 1. The topological polar surface area (TPSA) is 70.9 Å². The van der Waals surface area contributed by atoms with Gasteiger partial charge >= 0.3 is 0 Å². The lowest BCUT2D eigenvalue weighted by molar-refractivity contribution is 0.268. The maximum Gasteiger partial charge on any atom is 0.191 e. The van der Waals surface area contributed by atoms with E-state index in [0.717, 1.165) is 17.5 Å². The second-order valence-electron chi connectivity index (χ2n) is 3.99. The third-order valence-corrected chi connectivity index (χ3v) is 4.29. The van der Waals surface area contributed by atoms with Gasteiger partial charge < -0.3 is 10.4 Å². The number of anilines is 1. The Kier molecular flexibility index (Phi) is 5.20. The van der Waals surface area contributed by atoms with E-state index in [1.165, 1.54) is 23.1 Å². The minimum Gasteiger partial charge on any atom is -0.394 e. The van der Waals surface area contributed by atoms with Crippen LogP contribution in [0.5, 0.6) is 0 Å². The molecule has 0 saturated carbocycles. The van der Waals surface area contributed by atoms with Crippen molar-refractivity contribution in [1.29, 1.82) is 0 Å². The summed E-state index contributed by atoms with van der Waals surface area (Å²) in [6.45, 7) is 2.15. The van der Waals surface area contributed by atoms with E-state index in [1.54, 1.807) is 0 Å². The highest BCUT2D eigenvalue weighted by Gasteiger charge is 2.15. The molecular weight excluding hydrogens is 304 g/mol. The predicted octanol–water partition coefficient (Wildman–Crippen LogP) is 3.03. The SMILES string of the molecule is CCCC(CO)Nc1nc(SC)nc2nc(Cl)sc12. The number of fused-ring (bicyclic) bond motifs is 1. The molecule has 104 valence electrons. The van der Waals surface area contributed by atoms with Crippen molar-refractivity contribution in [3.8, 4) is 0 Å². The van der Waals surface area contributed by atoms with Gasteiger partial charge in [-0.3, -0.25) is 0 Å². The number of nitrogens with zero attached hydrogens (tertiary/aromatic N) is 3. The van der Waals surface area contributed by atoms with Gasteiger partial charge in [-0.2, -0.15) is 0 Å². The van der Waals surface area contributed by atoms with Gasteiger partial charge in [0.15, 0.2) is 21.1 Å². The molecule has 19 heavy (non-hydrogen) atoms. The van der Waals surface area contributed by atoms with Crippen LogP contribution in [-0.2, 0) is 0 Å². The van der Waals surface area contributed by atoms with Crippen LogP contribution in [0.25, 0.3) is 10.3 Å². The van der Waals surface area contributed by atoms with Gasteiger partial charge in [-0.1, -0.05) is 48.0 Å². The van der Waals surface area contributed by atoms with Crippen LogP contribution in [0.1, 0.15) is 19.8 Å². The zero-order valence-corrected chi connectivity index (χ0v) is 13.1. The third kappa shape index (κ3) is 3.47. The fourth-order valence-electron chi connectivity index (χ4n) is 1.72. The largest absolute Gasteiger partial charge is 0.394 e. The maximum atomic E-state index is 9.37. The number of hydrogen-bond acceptors (Lipinski definition) is 7. The molecule has 0 amide bonds. The highest BCUT2D eigenvalue weighted by atomic mass is 35.5. The molecule has 5 nitrogen and oxygen atoms in total. The number of thiazole rings is 1. The summed E-state index contributed by atoms with van der Waals surface area (Å²) in [4.78, 5) is 12.9. The van der Waals surface area contributed by atoms with Gasteiger partial charge in [-0.25, -0.2) is 15.0 Å². The molecule has 0 bridgehead atoms. The van der Waals surface area contributed by atoms with E-state index in [4.69, 9.17) is 11.6 Å². The van der Waals surface area contributed by atoms with Crippen molar-refractivity contribution in [1.82, 2.24) is 15.0 Å². The van der Waals surface area contributed by atoms with Crippen molar-refractivity contribution in [2.24, 2.45) is 0 Å². The Balaban J connectivity index is 2.39. The number of aromatic nitrogens is 3. The first-order valence-electron chi connectivity index (χ1n) is 5.93. The first-order valence-corrected chi connectivity index (χ1v) is 8.35. The Bertz CT molecular complexity index is 563. The van der Waals surface area contributed by atoms with Gasteiger partial charge in [0.05, 0.1) is 12.6 Å². The fraction of sp³-hybridized carbons (Fsp3) is 0.545. The van der Waals surface area contributed by atoms with Gasteiger partial charge in [-0.15, -0.1) is 0 Å². The van der Waals surface area contributed by atoms with Gasteiger partial charge in [-0.05, 0) is 12.7 Å². The summed E-state index contributed by atoms with van der Waals surface area (Å²) < 4.78 is 1.28. The number of hydrogen-bond donors (Lipinski definition) is 2. The van der Waals surface area contributed by atoms with Gasteiger partial charge in [0, 0.05) is 0 Å². The van der Waals surface area contributed by atoms with E-state index in [9.17, 15) is 5.11 Å². The average molecular weight is 319 g/mol. The summed E-state index contributed by atoms with van der Waals surface area (Å²) in [6.07, 6.45) is 3.78. The van der Waals surface area contributed by atoms with Gasteiger partial charge in [0.2, 0.25) is 0 Å². The number of halogens is 1. The number of rotatable bonds is 6. The summed E-state index contributed by atoms with van der Waals surface area (Å²) >= 11 is 8.73. The molecule has 1 atom stereocenters. The van der Waals surface area contributed by atoms with Crippen molar-refractivity contribution in [3.63, 3.8) is 0 Å². The van der Waals surface area contributed by atoms with Gasteiger partial charge in [0.1, 0.15) is 4.70 Å².